The highest BCUT2D eigenvalue weighted by Gasteiger charge is 2.36. The molecule has 1 N–H and O–H groups in total. The molecule has 0 fully saturated rings. The third-order valence-corrected chi connectivity index (χ3v) is 3.88. The summed E-state index contributed by atoms with van der Waals surface area (Å²) in [5, 5.41) is 6.08. The molecule has 9 heteroatoms. The van der Waals surface area contributed by atoms with Gasteiger partial charge in [-0.25, -0.2) is 9.50 Å². The molecule has 1 aromatic carbocycles. The SMILES string of the molecule is CC(C)NC(=O)c1nn2c(C(F)(F)F)cc(-c3ccccc3)nc2c1Cl. The third kappa shape index (κ3) is 3.37. The van der Waals surface area contributed by atoms with Crippen LogP contribution in [-0.4, -0.2) is 26.5 Å². The normalized spacial score (nSPS) is 12.0. The van der Waals surface area contributed by atoms with Crippen LogP contribution in [-0.2, 0) is 6.18 Å². The number of fused-ring (bicyclic) bond motifs is 1. The van der Waals surface area contributed by atoms with Gasteiger partial charge in [-0.2, -0.15) is 18.3 Å². The van der Waals surface area contributed by atoms with E-state index in [1.54, 1.807) is 44.2 Å². The van der Waals surface area contributed by atoms with Crippen LogP contribution < -0.4 is 5.32 Å². The molecule has 0 unspecified atom stereocenters. The fourth-order valence-corrected chi connectivity index (χ4v) is 2.67. The Labute approximate surface area is 151 Å². The molecule has 0 radical (unpaired) electrons. The van der Waals surface area contributed by atoms with Gasteiger partial charge in [-0.3, -0.25) is 4.79 Å². The quantitative estimate of drug-likeness (QED) is 0.738. The maximum Gasteiger partial charge on any atom is 0.433 e. The van der Waals surface area contributed by atoms with Crippen molar-refractivity contribution >= 4 is 23.2 Å². The molecule has 0 aliphatic carbocycles. The number of nitrogens with zero attached hydrogens (tertiary/aromatic N) is 3. The van der Waals surface area contributed by atoms with Gasteiger partial charge in [-0.1, -0.05) is 41.9 Å². The number of carbonyl (C=O) groups is 1. The second-order valence-electron chi connectivity index (χ2n) is 5.92. The van der Waals surface area contributed by atoms with Gasteiger partial charge in [0, 0.05) is 11.6 Å². The van der Waals surface area contributed by atoms with Crippen LogP contribution in [0.4, 0.5) is 13.2 Å². The molecule has 0 aliphatic rings. The van der Waals surface area contributed by atoms with E-state index in [0.29, 0.717) is 10.1 Å². The Balaban J connectivity index is 2.26. The first-order valence-electron chi connectivity index (χ1n) is 7.71. The van der Waals surface area contributed by atoms with Crippen LogP contribution in [0, 0.1) is 0 Å². The summed E-state index contributed by atoms with van der Waals surface area (Å²) in [5.41, 5.74) is -1.02. The number of aromatic nitrogens is 3. The zero-order valence-corrected chi connectivity index (χ0v) is 14.6. The lowest BCUT2D eigenvalue weighted by Gasteiger charge is -2.11. The van der Waals surface area contributed by atoms with Crippen LogP contribution in [0.15, 0.2) is 36.4 Å². The number of amides is 1. The molecule has 0 spiro atoms. The summed E-state index contributed by atoms with van der Waals surface area (Å²) < 4.78 is 41.2. The van der Waals surface area contributed by atoms with E-state index in [-0.39, 0.29) is 28.1 Å². The van der Waals surface area contributed by atoms with Gasteiger partial charge in [-0.15, -0.1) is 0 Å². The monoisotopic (exact) mass is 382 g/mol. The number of hydrogen-bond acceptors (Lipinski definition) is 3. The maximum absolute atomic E-state index is 13.5. The Bertz CT molecular complexity index is 968. The molecule has 0 saturated carbocycles. The van der Waals surface area contributed by atoms with Crippen LogP contribution in [0.1, 0.15) is 30.0 Å². The fourth-order valence-electron chi connectivity index (χ4n) is 2.43. The summed E-state index contributed by atoms with van der Waals surface area (Å²) in [6.07, 6.45) is -4.70. The van der Waals surface area contributed by atoms with Gasteiger partial charge in [0.1, 0.15) is 5.02 Å². The van der Waals surface area contributed by atoms with Gasteiger partial charge < -0.3 is 5.32 Å². The average molecular weight is 383 g/mol. The van der Waals surface area contributed by atoms with Crippen molar-refractivity contribution in [2.75, 3.05) is 0 Å². The lowest BCUT2D eigenvalue weighted by atomic mass is 10.1. The van der Waals surface area contributed by atoms with Crippen molar-refractivity contribution in [3.63, 3.8) is 0 Å². The molecule has 2 heterocycles. The number of alkyl halides is 3. The molecule has 136 valence electrons. The minimum absolute atomic E-state index is 0.0862. The van der Waals surface area contributed by atoms with Crippen molar-refractivity contribution in [2.24, 2.45) is 0 Å². The third-order valence-electron chi connectivity index (χ3n) is 3.53. The number of benzene rings is 1. The van der Waals surface area contributed by atoms with Gasteiger partial charge in [0.05, 0.1) is 5.69 Å². The molecule has 2 aromatic heterocycles. The van der Waals surface area contributed by atoms with Gasteiger partial charge in [0.2, 0.25) is 0 Å². The van der Waals surface area contributed by atoms with Crippen LogP contribution in [0.25, 0.3) is 16.9 Å². The highest BCUT2D eigenvalue weighted by atomic mass is 35.5. The van der Waals surface area contributed by atoms with Crippen LogP contribution in [0.2, 0.25) is 5.02 Å². The molecule has 0 bridgehead atoms. The van der Waals surface area contributed by atoms with E-state index in [0.717, 1.165) is 6.07 Å². The first-order chi connectivity index (χ1) is 12.2. The highest BCUT2D eigenvalue weighted by Crippen LogP contribution is 2.34. The first kappa shape index (κ1) is 18.2. The standard InChI is InChI=1S/C17H14ClF3N4O/c1-9(2)22-16(26)14-13(18)15-23-11(10-6-4-3-5-7-10)8-12(17(19,20)21)25(15)24-14/h3-9H,1-2H3,(H,22,26). The molecule has 1 amide bonds. The van der Waals surface area contributed by atoms with Crippen molar-refractivity contribution in [2.45, 2.75) is 26.1 Å². The summed E-state index contributed by atoms with van der Waals surface area (Å²) in [6.45, 7) is 3.43. The van der Waals surface area contributed by atoms with Crippen molar-refractivity contribution in [1.29, 1.82) is 0 Å². The van der Waals surface area contributed by atoms with Crippen molar-refractivity contribution < 1.29 is 18.0 Å². The van der Waals surface area contributed by atoms with Crippen molar-refractivity contribution in [3.8, 4) is 11.3 Å². The van der Waals surface area contributed by atoms with E-state index in [4.69, 9.17) is 11.6 Å². The first-order valence-corrected chi connectivity index (χ1v) is 8.09. The number of halogens is 4. The van der Waals surface area contributed by atoms with Gasteiger partial charge in [0.25, 0.3) is 5.91 Å². The summed E-state index contributed by atoms with van der Waals surface area (Å²) >= 11 is 6.14. The number of rotatable bonds is 3. The Morgan fingerprint density at radius 1 is 1.23 bits per heavy atom. The fraction of sp³-hybridized carbons (Fsp3) is 0.235. The number of carbonyl (C=O) groups excluding carboxylic acids is 1. The molecular weight excluding hydrogens is 369 g/mol. The second kappa shape index (κ2) is 6.60. The molecule has 3 rings (SSSR count). The minimum Gasteiger partial charge on any atom is -0.348 e. The molecule has 5 nitrogen and oxygen atoms in total. The smallest absolute Gasteiger partial charge is 0.348 e. The molecular formula is C17H14ClF3N4O. The molecule has 26 heavy (non-hydrogen) atoms. The van der Waals surface area contributed by atoms with Gasteiger partial charge in [0.15, 0.2) is 17.0 Å². The predicted molar refractivity (Wildman–Crippen MR) is 91.0 cm³/mol. The van der Waals surface area contributed by atoms with Gasteiger partial charge in [-0.05, 0) is 19.9 Å². The van der Waals surface area contributed by atoms with E-state index in [1.165, 1.54) is 0 Å². The molecule has 0 saturated heterocycles. The predicted octanol–water partition coefficient (Wildman–Crippen LogP) is 4.21. The summed E-state index contributed by atoms with van der Waals surface area (Å²) in [5.74, 6) is -0.662. The van der Waals surface area contributed by atoms with Crippen LogP contribution in [0.3, 0.4) is 0 Å². The maximum atomic E-state index is 13.5. The van der Waals surface area contributed by atoms with Crippen LogP contribution >= 0.6 is 11.6 Å². The highest BCUT2D eigenvalue weighted by molar-refractivity contribution is 6.36. The molecule has 0 atom stereocenters. The lowest BCUT2D eigenvalue weighted by Crippen LogP contribution is -2.30. The van der Waals surface area contributed by atoms with E-state index < -0.39 is 17.8 Å². The molecule has 0 aliphatic heterocycles. The summed E-state index contributed by atoms with van der Waals surface area (Å²) in [7, 11) is 0. The zero-order chi connectivity index (χ0) is 19.1. The minimum atomic E-state index is -4.70. The van der Waals surface area contributed by atoms with Crippen molar-refractivity contribution in [1.82, 2.24) is 19.9 Å². The Morgan fingerprint density at radius 3 is 2.46 bits per heavy atom. The largest absolute Gasteiger partial charge is 0.433 e. The van der Waals surface area contributed by atoms with E-state index >= 15 is 0 Å². The average Bonchev–Trinajstić information content (AvgIpc) is 2.90. The molecule has 3 aromatic rings. The van der Waals surface area contributed by atoms with Gasteiger partial charge >= 0.3 is 6.18 Å². The number of nitrogens with one attached hydrogen (secondary N) is 1. The van der Waals surface area contributed by atoms with Crippen molar-refractivity contribution in [3.05, 3.63) is 52.8 Å². The second-order valence-corrected chi connectivity index (χ2v) is 6.29. The van der Waals surface area contributed by atoms with E-state index in [9.17, 15) is 18.0 Å². The zero-order valence-electron chi connectivity index (χ0n) is 13.8. The van der Waals surface area contributed by atoms with E-state index in [2.05, 4.69) is 15.4 Å². The Morgan fingerprint density at radius 2 is 1.88 bits per heavy atom. The topological polar surface area (TPSA) is 59.3 Å². The lowest BCUT2D eigenvalue weighted by molar-refractivity contribution is -0.142. The number of hydrogen-bond donors (Lipinski definition) is 1. The Hall–Kier alpha value is -2.61. The van der Waals surface area contributed by atoms with Crippen LogP contribution in [0.5, 0.6) is 0 Å². The summed E-state index contributed by atoms with van der Waals surface area (Å²) in [6, 6.07) is 9.05. The Kier molecular flexibility index (Phi) is 4.62. The van der Waals surface area contributed by atoms with E-state index in [1.807, 2.05) is 0 Å². The summed E-state index contributed by atoms with van der Waals surface area (Å²) in [4.78, 5) is 16.4.